The third-order valence-corrected chi connectivity index (χ3v) is 5.75. The van der Waals surface area contributed by atoms with E-state index in [2.05, 4.69) is 20.8 Å². The average Bonchev–Trinajstić information content (AvgIpc) is 3.22. The van der Waals surface area contributed by atoms with Gasteiger partial charge < -0.3 is 10.6 Å². The van der Waals surface area contributed by atoms with Gasteiger partial charge in [0.2, 0.25) is 5.91 Å². The van der Waals surface area contributed by atoms with Crippen LogP contribution in [-0.4, -0.2) is 22.1 Å². The topological polar surface area (TPSA) is 69.8 Å². The summed E-state index contributed by atoms with van der Waals surface area (Å²) in [7, 11) is 0. The Balaban J connectivity index is 1.35. The molecule has 2 unspecified atom stereocenters. The Morgan fingerprint density at radius 2 is 1.96 bits per heavy atom. The summed E-state index contributed by atoms with van der Waals surface area (Å²) in [6, 6.07) is 7.06. The molecule has 3 N–H and O–H groups in total. The number of alkyl halides is 3. The first-order valence-corrected chi connectivity index (χ1v) is 9.68. The molecule has 1 heterocycles. The molecule has 1 aromatic heterocycles. The molecular formula is C20H23F3N4O. The van der Waals surface area contributed by atoms with Crippen LogP contribution >= 0.6 is 0 Å². The molecule has 8 heteroatoms. The van der Waals surface area contributed by atoms with Crippen LogP contribution < -0.4 is 10.6 Å². The van der Waals surface area contributed by atoms with Crippen molar-refractivity contribution in [2.45, 2.75) is 56.7 Å². The number of rotatable bonds is 5. The van der Waals surface area contributed by atoms with Crippen LogP contribution in [0.4, 0.5) is 24.7 Å². The first kappa shape index (κ1) is 18.8. The molecule has 2 aliphatic rings. The molecule has 2 saturated carbocycles. The van der Waals surface area contributed by atoms with Crippen LogP contribution in [0.1, 0.15) is 55.7 Å². The Labute approximate surface area is 161 Å². The third kappa shape index (κ3) is 4.15. The second-order valence-corrected chi connectivity index (χ2v) is 7.76. The van der Waals surface area contributed by atoms with Crippen LogP contribution in [0, 0.1) is 5.92 Å². The lowest BCUT2D eigenvalue weighted by atomic mass is 9.84. The number of amides is 1. The molecule has 4 rings (SSSR count). The monoisotopic (exact) mass is 392 g/mol. The maximum Gasteiger partial charge on any atom is 0.416 e. The molecule has 0 spiro atoms. The second kappa shape index (κ2) is 7.48. The van der Waals surface area contributed by atoms with Crippen LogP contribution in [-0.2, 0) is 11.0 Å². The Bertz CT molecular complexity index is 844. The van der Waals surface area contributed by atoms with Gasteiger partial charge in [-0.25, -0.2) is 0 Å². The first-order valence-electron chi connectivity index (χ1n) is 9.68. The zero-order valence-electron chi connectivity index (χ0n) is 15.4. The van der Waals surface area contributed by atoms with E-state index < -0.39 is 11.7 Å². The van der Waals surface area contributed by atoms with Crippen molar-refractivity contribution in [3.8, 4) is 0 Å². The first-order chi connectivity index (χ1) is 13.4. The number of nitrogens with one attached hydrogen (secondary N) is 3. The Hall–Kier alpha value is -2.51. The highest BCUT2D eigenvalue weighted by Gasteiger charge is 2.32. The van der Waals surface area contributed by atoms with Gasteiger partial charge in [-0.3, -0.25) is 9.89 Å². The molecule has 2 aliphatic carbocycles. The van der Waals surface area contributed by atoms with E-state index in [-0.39, 0.29) is 23.8 Å². The van der Waals surface area contributed by atoms with Gasteiger partial charge in [0.05, 0.1) is 5.56 Å². The summed E-state index contributed by atoms with van der Waals surface area (Å²) in [5.74, 6) is 1.11. The number of carbonyl (C=O) groups is 1. The number of halogens is 3. The van der Waals surface area contributed by atoms with Crippen LogP contribution in [0.2, 0.25) is 0 Å². The van der Waals surface area contributed by atoms with Crippen LogP contribution in [0.15, 0.2) is 30.3 Å². The van der Waals surface area contributed by atoms with Gasteiger partial charge >= 0.3 is 6.18 Å². The van der Waals surface area contributed by atoms with Crippen LogP contribution in [0.5, 0.6) is 0 Å². The highest BCUT2D eigenvalue weighted by atomic mass is 19.4. The molecule has 0 radical (unpaired) electrons. The molecule has 1 amide bonds. The normalized spacial score (nSPS) is 22.7. The van der Waals surface area contributed by atoms with E-state index in [0.29, 0.717) is 11.5 Å². The summed E-state index contributed by atoms with van der Waals surface area (Å²) in [5.41, 5.74) is 0.578. The van der Waals surface area contributed by atoms with Gasteiger partial charge in [-0.1, -0.05) is 12.5 Å². The van der Waals surface area contributed by atoms with E-state index in [4.69, 9.17) is 0 Å². The maximum absolute atomic E-state index is 12.8. The number of nitrogens with zero attached hydrogens (tertiary/aromatic N) is 1. The van der Waals surface area contributed by atoms with Crippen molar-refractivity contribution >= 4 is 17.4 Å². The molecular weight excluding hydrogens is 369 g/mol. The van der Waals surface area contributed by atoms with Gasteiger partial charge in [0.1, 0.15) is 0 Å². The maximum atomic E-state index is 12.8. The number of H-pyrrole nitrogens is 1. The number of anilines is 2. The fourth-order valence-electron chi connectivity index (χ4n) is 3.92. The predicted octanol–water partition coefficient (Wildman–Crippen LogP) is 4.72. The van der Waals surface area contributed by atoms with Crippen molar-refractivity contribution in [3.63, 3.8) is 0 Å². The molecule has 0 aliphatic heterocycles. The lowest BCUT2D eigenvalue weighted by Crippen LogP contribution is -2.39. The van der Waals surface area contributed by atoms with Crippen LogP contribution in [0.25, 0.3) is 0 Å². The quantitative estimate of drug-likeness (QED) is 0.689. The number of aromatic nitrogens is 2. The molecule has 2 atom stereocenters. The molecule has 2 aromatic rings. The van der Waals surface area contributed by atoms with E-state index in [1.54, 1.807) is 6.07 Å². The number of aromatic amines is 1. The zero-order valence-corrected chi connectivity index (χ0v) is 15.4. The fraction of sp³-hybridized carbons (Fsp3) is 0.500. The predicted molar refractivity (Wildman–Crippen MR) is 99.2 cm³/mol. The summed E-state index contributed by atoms with van der Waals surface area (Å²) >= 11 is 0. The van der Waals surface area contributed by atoms with E-state index in [0.717, 1.165) is 56.4 Å². The number of hydrogen-bond donors (Lipinski definition) is 3. The minimum atomic E-state index is -4.38. The SMILES string of the molecule is O=C(NC1CCC(c2cc(Nc3cccc(C(F)(F)F)c3)n[nH]2)C1)C1CCC1. The van der Waals surface area contributed by atoms with Gasteiger partial charge in [-0.05, 0) is 50.3 Å². The third-order valence-electron chi connectivity index (χ3n) is 5.75. The molecule has 28 heavy (non-hydrogen) atoms. The van der Waals surface area contributed by atoms with Gasteiger partial charge in [-0.2, -0.15) is 18.3 Å². The largest absolute Gasteiger partial charge is 0.416 e. The number of hydrogen-bond acceptors (Lipinski definition) is 3. The summed E-state index contributed by atoms with van der Waals surface area (Å²) in [6.07, 6.45) is 1.47. The molecule has 1 aromatic carbocycles. The number of benzene rings is 1. The van der Waals surface area contributed by atoms with Crippen LogP contribution in [0.3, 0.4) is 0 Å². The summed E-state index contributed by atoms with van der Waals surface area (Å²) in [6.45, 7) is 0. The smallest absolute Gasteiger partial charge is 0.353 e. The Morgan fingerprint density at radius 1 is 1.14 bits per heavy atom. The van der Waals surface area contributed by atoms with Crippen molar-refractivity contribution < 1.29 is 18.0 Å². The molecule has 5 nitrogen and oxygen atoms in total. The number of carbonyl (C=O) groups excluding carboxylic acids is 1. The van der Waals surface area contributed by atoms with Crippen molar-refractivity contribution in [2.75, 3.05) is 5.32 Å². The zero-order chi connectivity index (χ0) is 19.7. The van der Waals surface area contributed by atoms with Gasteiger partial charge in [0, 0.05) is 35.3 Å². The van der Waals surface area contributed by atoms with E-state index in [1.807, 2.05) is 6.07 Å². The highest BCUT2D eigenvalue weighted by Crippen LogP contribution is 2.36. The molecule has 150 valence electrons. The minimum absolute atomic E-state index is 0.174. The van der Waals surface area contributed by atoms with Crippen molar-refractivity contribution in [3.05, 3.63) is 41.6 Å². The standard InChI is InChI=1S/C20H23F3N4O/c21-20(22,23)14-5-2-6-15(10-14)24-18-11-17(26-27-18)13-7-8-16(9-13)25-19(28)12-3-1-4-12/h2,5-6,10-13,16H,1,3-4,7-9H2,(H,25,28)(H2,24,26,27). The Morgan fingerprint density at radius 3 is 2.68 bits per heavy atom. The Kier molecular flexibility index (Phi) is 5.03. The summed E-state index contributed by atoms with van der Waals surface area (Å²) < 4.78 is 38.5. The summed E-state index contributed by atoms with van der Waals surface area (Å²) in [5, 5.41) is 13.2. The summed E-state index contributed by atoms with van der Waals surface area (Å²) in [4.78, 5) is 12.1. The lowest BCUT2D eigenvalue weighted by molar-refractivity contribution is -0.137. The second-order valence-electron chi connectivity index (χ2n) is 7.76. The van der Waals surface area contributed by atoms with E-state index in [9.17, 15) is 18.0 Å². The molecule has 0 saturated heterocycles. The van der Waals surface area contributed by atoms with Crippen molar-refractivity contribution in [1.29, 1.82) is 0 Å². The van der Waals surface area contributed by atoms with Crippen molar-refractivity contribution in [2.24, 2.45) is 5.92 Å². The minimum Gasteiger partial charge on any atom is -0.353 e. The van der Waals surface area contributed by atoms with Gasteiger partial charge in [0.15, 0.2) is 5.82 Å². The molecule has 2 fully saturated rings. The van der Waals surface area contributed by atoms with Gasteiger partial charge in [-0.15, -0.1) is 0 Å². The van der Waals surface area contributed by atoms with E-state index >= 15 is 0 Å². The highest BCUT2D eigenvalue weighted by molar-refractivity contribution is 5.79. The van der Waals surface area contributed by atoms with Crippen molar-refractivity contribution in [1.82, 2.24) is 15.5 Å². The van der Waals surface area contributed by atoms with Gasteiger partial charge in [0.25, 0.3) is 0 Å². The average molecular weight is 392 g/mol. The van der Waals surface area contributed by atoms with E-state index in [1.165, 1.54) is 6.07 Å². The molecule has 0 bridgehead atoms. The fourth-order valence-corrected chi connectivity index (χ4v) is 3.92. The lowest BCUT2D eigenvalue weighted by Gasteiger charge is -2.26.